The molecule has 2 aliphatic carbocycles. The molecule has 3 aliphatic heterocycles. The van der Waals surface area contributed by atoms with Gasteiger partial charge in [0.05, 0.1) is 37.4 Å². The van der Waals surface area contributed by atoms with Crippen molar-refractivity contribution >= 4 is 17.9 Å². The first-order valence-corrected chi connectivity index (χ1v) is 15.3. The molecule has 3 fully saturated rings. The van der Waals surface area contributed by atoms with Gasteiger partial charge in [-0.05, 0) is 38.5 Å². The molecule has 1 unspecified atom stereocenters. The maximum Gasteiger partial charge on any atom is 0.335 e. The van der Waals surface area contributed by atoms with Crippen LogP contribution in [0.25, 0.3) is 0 Å². The molecule has 0 aromatic carbocycles. The van der Waals surface area contributed by atoms with Gasteiger partial charge in [0.15, 0.2) is 6.10 Å². The van der Waals surface area contributed by atoms with Crippen molar-refractivity contribution in [1.29, 1.82) is 0 Å². The summed E-state index contributed by atoms with van der Waals surface area (Å²) in [4.78, 5) is 38.5. The van der Waals surface area contributed by atoms with Gasteiger partial charge in [-0.15, -0.1) is 0 Å². The molecular weight excluding hydrogens is 572 g/mol. The number of methoxy groups -OCH3 is 1. The third-order valence-electron chi connectivity index (χ3n) is 10.6. The molecule has 44 heavy (non-hydrogen) atoms. The number of hydrogen-bond acceptors (Lipinski definition) is 11. The maximum absolute atomic E-state index is 13.3. The Labute approximate surface area is 257 Å². The van der Waals surface area contributed by atoms with Crippen LogP contribution in [0.15, 0.2) is 48.1 Å². The standard InChI is InChI=1S/C33H44O11/c1-19-12-13-40-23(21(3)34)8-6-7-9-28(36)44-24-15-26-33(18-42-33)31(24,4)32(17-41-30(38)29(19)37)16-22(10-11-27(35)39-5)20(2)14-25(32)43-26/h6-11,14,19,21-26,29,34,37H,12-13,15-18H2,1-5H3/b8-6+,9-7-,11-10+/t19-,21+,22+,23?,24-,25-,26-,29+,31-,32-,33+/m1/s1. The molecule has 0 aromatic rings. The maximum atomic E-state index is 13.3. The van der Waals surface area contributed by atoms with Crippen molar-refractivity contribution in [2.45, 2.75) is 89.2 Å². The SMILES string of the molecule is COC(=O)/C=C/[C@H]1C[C@@]23COC(=O)[C@@H](O)[C@H](C)CCOC([C@H](C)O)/C=C/C=C\C(=O)O[C@@H]4C[C@@H](O[C@@H]2C=C1C)[C@@]1(CO1)[C@]43C. The molecule has 11 atom stereocenters. The lowest BCUT2D eigenvalue weighted by Crippen LogP contribution is -2.67. The molecule has 5 rings (SSSR count). The highest BCUT2D eigenvalue weighted by Gasteiger charge is 2.83. The third kappa shape index (κ3) is 5.58. The van der Waals surface area contributed by atoms with E-state index in [-0.39, 0.29) is 25.2 Å². The lowest BCUT2D eigenvalue weighted by atomic mass is 9.50. The van der Waals surface area contributed by atoms with E-state index in [1.165, 1.54) is 19.3 Å². The van der Waals surface area contributed by atoms with E-state index < -0.39 is 70.8 Å². The van der Waals surface area contributed by atoms with Crippen LogP contribution in [0.4, 0.5) is 0 Å². The number of rotatable bonds is 3. The molecule has 2 spiro atoms. The molecule has 5 aliphatic rings. The van der Waals surface area contributed by atoms with Crippen molar-refractivity contribution in [2.75, 3.05) is 26.9 Å². The highest BCUT2D eigenvalue weighted by molar-refractivity contribution is 5.82. The summed E-state index contributed by atoms with van der Waals surface area (Å²) in [7, 11) is 1.31. The van der Waals surface area contributed by atoms with Crippen LogP contribution in [0.5, 0.6) is 0 Å². The lowest BCUT2D eigenvalue weighted by molar-refractivity contribution is -0.237. The molecule has 0 radical (unpaired) electrons. The second kappa shape index (κ2) is 12.5. The second-order valence-electron chi connectivity index (χ2n) is 13.0. The highest BCUT2D eigenvalue weighted by atomic mass is 16.6. The van der Waals surface area contributed by atoms with E-state index in [1.807, 2.05) is 19.9 Å². The largest absolute Gasteiger partial charge is 0.466 e. The van der Waals surface area contributed by atoms with Crippen molar-refractivity contribution < 1.29 is 53.0 Å². The van der Waals surface area contributed by atoms with Crippen LogP contribution < -0.4 is 0 Å². The third-order valence-corrected chi connectivity index (χ3v) is 10.6. The number of carbonyl (C=O) groups is 3. The number of carbonyl (C=O) groups excluding carboxylic acids is 3. The average Bonchev–Trinajstić information content (AvgIpc) is 3.77. The normalized spacial score (nSPS) is 44.8. The van der Waals surface area contributed by atoms with Gasteiger partial charge in [0.1, 0.15) is 24.4 Å². The van der Waals surface area contributed by atoms with Crippen LogP contribution in [-0.2, 0) is 42.8 Å². The van der Waals surface area contributed by atoms with Crippen molar-refractivity contribution in [3.8, 4) is 0 Å². The summed E-state index contributed by atoms with van der Waals surface area (Å²) in [5.74, 6) is -2.55. The van der Waals surface area contributed by atoms with Crippen LogP contribution in [-0.4, -0.2) is 97.3 Å². The molecule has 2 bridgehead atoms. The van der Waals surface area contributed by atoms with E-state index >= 15 is 0 Å². The summed E-state index contributed by atoms with van der Waals surface area (Å²) in [6, 6.07) is 0. The molecule has 0 aromatic heterocycles. The van der Waals surface area contributed by atoms with Crippen LogP contribution in [0.1, 0.15) is 47.0 Å². The van der Waals surface area contributed by atoms with E-state index in [2.05, 4.69) is 0 Å². The predicted octanol–water partition coefficient (Wildman–Crippen LogP) is 2.35. The zero-order chi connectivity index (χ0) is 31.9. The molecule has 11 nitrogen and oxygen atoms in total. The van der Waals surface area contributed by atoms with Crippen LogP contribution >= 0.6 is 0 Å². The summed E-state index contributed by atoms with van der Waals surface area (Å²) < 4.78 is 35.5. The van der Waals surface area contributed by atoms with Gasteiger partial charge in [-0.2, -0.15) is 0 Å². The first-order valence-electron chi connectivity index (χ1n) is 15.3. The molecule has 3 heterocycles. The molecule has 242 valence electrons. The van der Waals surface area contributed by atoms with Crippen molar-refractivity contribution in [3.05, 3.63) is 48.1 Å². The summed E-state index contributed by atoms with van der Waals surface area (Å²) in [5, 5.41) is 21.1. The topological polar surface area (TPSA) is 150 Å². The smallest absolute Gasteiger partial charge is 0.335 e. The summed E-state index contributed by atoms with van der Waals surface area (Å²) in [6.45, 7) is 7.75. The first-order chi connectivity index (χ1) is 20.9. The Morgan fingerprint density at radius 3 is 2.64 bits per heavy atom. The zero-order valence-electron chi connectivity index (χ0n) is 26.0. The number of hydrogen-bond donors (Lipinski definition) is 2. The van der Waals surface area contributed by atoms with Crippen LogP contribution in [0.2, 0.25) is 0 Å². The quantitative estimate of drug-likeness (QED) is 0.158. The van der Waals surface area contributed by atoms with Gasteiger partial charge in [0.25, 0.3) is 0 Å². The van der Waals surface area contributed by atoms with Crippen LogP contribution in [0.3, 0.4) is 0 Å². The number of allylic oxidation sites excluding steroid dienone is 4. The van der Waals surface area contributed by atoms with E-state index in [9.17, 15) is 24.6 Å². The molecular formula is C33H44O11. The number of aliphatic hydroxyl groups is 2. The Bertz CT molecular complexity index is 1250. The highest BCUT2D eigenvalue weighted by Crippen LogP contribution is 2.72. The number of ether oxygens (including phenoxy) is 6. The van der Waals surface area contributed by atoms with Crippen molar-refractivity contribution in [1.82, 2.24) is 0 Å². The molecule has 1 saturated carbocycles. The van der Waals surface area contributed by atoms with Gasteiger partial charge >= 0.3 is 17.9 Å². The summed E-state index contributed by atoms with van der Waals surface area (Å²) >= 11 is 0. The Morgan fingerprint density at radius 2 is 1.95 bits per heavy atom. The average molecular weight is 617 g/mol. The second-order valence-corrected chi connectivity index (χ2v) is 13.0. The Balaban J connectivity index is 1.55. The van der Waals surface area contributed by atoms with Gasteiger partial charge in [-0.3, -0.25) is 0 Å². The lowest BCUT2D eigenvalue weighted by Gasteiger charge is -2.59. The molecule has 2 saturated heterocycles. The number of cyclic esters (lactones) is 1. The van der Waals surface area contributed by atoms with Crippen molar-refractivity contribution in [2.24, 2.45) is 22.7 Å². The minimum Gasteiger partial charge on any atom is -0.466 e. The Morgan fingerprint density at radius 1 is 1.20 bits per heavy atom. The van der Waals surface area contributed by atoms with Crippen molar-refractivity contribution in [3.63, 3.8) is 0 Å². The minimum atomic E-state index is -1.42. The fourth-order valence-corrected chi connectivity index (χ4v) is 7.59. The van der Waals surface area contributed by atoms with Gasteiger partial charge in [0, 0.05) is 30.6 Å². The molecule has 0 amide bonds. The number of aliphatic hydroxyl groups excluding tert-OH is 2. The summed E-state index contributed by atoms with van der Waals surface area (Å²) in [5.41, 5.74) is -1.56. The number of epoxide rings is 1. The van der Waals surface area contributed by atoms with Gasteiger partial charge in [-0.25, -0.2) is 14.4 Å². The number of esters is 3. The van der Waals surface area contributed by atoms with E-state index in [4.69, 9.17) is 28.4 Å². The van der Waals surface area contributed by atoms with Gasteiger partial charge in [-0.1, -0.05) is 49.8 Å². The van der Waals surface area contributed by atoms with Gasteiger partial charge < -0.3 is 38.6 Å². The van der Waals surface area contributed by atoms with E-state index in [0.29, 0.717) is 25.9 Å². The first kappa shape index (κ1) is 32.6. The predicted molar refractivity (Wildman–Crippen MR) is 156 cm³/mol. The fraction of sp³-hybridized carbons (Fsp3) is 0.667. The zero-order valence-corrected chi connectivity index (χ0v) is 26.0. The van der Waals surface area contributed by atoms with E-state index in [1.54, 1.807) is 38.2 Å². The Kier molecular flexibility index (Phi) is 9.26. The fourth-order valence-electron chi connectivity index (χ4n) is 7.59. The monoisotopic (exact) mass is 616 g/mol. The minimum absolute atomic E-state index is 0.131. The van der Waals surface area contributed by atoms with Gasteiger partial charge in [0.2, 0.25) is 0 Å². The molecule has 11 heteroatoms. The molecule has 2 N–H and O–H groups in total. The Hall–Kier alpha value is -2.83. The van der Waals surface area contributed by atoms with Crippen LogP contribution in [0, 0.1) is 22.7 Å². The summed E-state index contributed by atoms with van der Waals surface area (Å²) in [6.07, 6.45) is 8.02. The van der Waals surface area contributed by atoms with E-state index in [0.717, 1.165) is 5.57 Å².